The molecule has 3 aromatic carbocycles. The highest BCUT2D eigenvalue weighted by molar-refractivity contribution is 6.05. The van der Waals surface area contributed by atoms with Crippen LogP contribution in [-0.4, -0.2) is 15.3 Å². The van der Waals surface area contributed by atoms with Gasteiger partial charge in [0.15, 0.2) is 0 Å². The summed E-state index contributed by atoms with van der Waals surface area (Å²) in [5.74, 6) is 0.376. The van der Waals surface area contributed by atoms with Gasteiger partial charge in [-0.3, -0.25) is 14.3 Å². The molecule has 156 valence electrons. The molecule has 0 saturated heterocycles. The molecule has 0 fully saturated rings. The number of hydrogen-bond acceptors (Lipinski definition) is 3. The Bertz CT molecular complexity index is 1260. The average molecular weight is 413 g/mol. The Hall–Kier alpha value is -4.06. The molecule has 31 heavy (non-hydrogen) atoms. The minimum atomic E-state index is -0.349. The Morgan fingerprint density at radius 3 is 2.23 bits per heavy atom. The molecule has 0 saturated carbocycles. The molecule has 0 aliphatic heterocycles. The zero-order chi connectivity index (χ0) is 21.8. The van der Waals surface area contributed by atoms with Crippen molar-refractivity contribution in [1.82, 2.24) is 9.36 Å². The van der Waals surface area contributed by atoms with Crippen LogP contribution in [0.3, 0.4) is 0 Å². The number of ether oxygens (including phenoxy) is 1. The van der Waals surface area contributed by atoms with Crippen molar-refractivity contribution in [3.8, 4) is 11.4 Å². The smallest absolute Gasteiger partial charge is 0.295 e. The molecule has 0 aliphatic rings. The van der Waals surface area contributed by atoms with Gasteiger partial charge in [0, 0.05) is 18.2 Å². The SMILES string of the molecule is Cc1c(NC(=O)c2ccccc2COc2ccccc2)c(=O)n(-c2ccccc2)n1C. The number of carbonyl (C=O) groups excluding carboxylic acids is 1. The molecule has 1 aromatic heterocycles. The molecule has 0 unspecified atom stereocenters. The molecule has 0 spiro atoms. The van der Waals surface area contributed by atoms with Crippen LogP contribution >= 0.6 is 0 Å². The van der Waals surface area contributed by atoms with E-state index >= 15 is 0 Å². The van der Waals surface area contributed by atoms with E-state index in [0.717, 1.165) is 17.0 Å². The lowest BCUT2D eigenvalue weighted by atomic mass is 10.1. The summed E-state index contributed by atoms with van der Waals surface area (Å²) >= 11 is 0. The Morgan fingerprint density at radius 2 is 1.52 bits per heavy atom. The minimum absolute atomic E-state index is 0.246. The molecule has 4 rings (SSSR count). The second kappa shape index (κ2) is 8.75. The normalized spacial score (nSPS) is 10.6. The molecule has 0 atom stereocenters. The number of para-hydroxylation sites is 2. The van der Waals surface area contributed by atoms with Crippen molar-refractivity contribution in [3.05, 3.63) is 112 Å². The lowest BCUT2D eigenvalue weighted by Gasteiger charge is -2.11. The number of rotatable bonds is 6. The number of carbonyl (C=O) groups is 1. The molecule has 6 heteroatoms. The van der Waals surface area contributed by atoms with Gasteiger partial charge in [-0.15, -0.1) is 0 Å². The van der Waals surface area contributed by atoms with Crippen molar-refractivity contribution < 1.29 is 9.53 Å². The van der Waals surface area contributed by atoms with Gasteiger partial charge in [0.05, 0.1) is 11.4 Å². The predicted octanol–water partition coefficient (Wildman–Crippen LogP) is 4.32. The highest BCUT2D eigenvalue weighted by atomic mass is 16.5. The number of nitrogens with zero attached hydrogens (tertiary/aromatic N) is 2. The fraction of sp³-hybridized carbons (Fsp3) is 0.120. The van der Waals surface area contributed by atoms with Crippen LogP contribution in [0.5, 0.6) is 5.75 Å². The highest BCUT2D eigenvalue weighted by Crippen LogP contribution is 2.18. The number of aromatic nitrogens is 2. The van der Waals surface area contributed by atoms with E-state index < -0.39 is 0 Å². The van der Waals surface area contributed by atoms with Gasteiger partial charge in [-0.25, -0.2) is 4.68 Å². The summed E-state index contributed by atoms with van der Waals surface area (Å²) in [5, 5.41) is 2.82. The predicted molar refractivity (Wildman–Crippen MR) is 121 cm³/mol. The zero-order valence-corrected chi connectivity index (χ0v) is 17.4. The number of nitrogens with one attached hydrogen (secondary N) is 1. The molecular weight excluding hydrogens is 390 g/mol. The van der Waals surface area contributed by atoms with Crippen LogP contribution in [0, 0.1) is 6.92 Å². The first-order chi connectivity index (χ1) is 15.1. The van der Waals surface area contributed by atoms with E-state index in [1.165, 1.54) is 4.68 Å². The second-order valence-electron chi connectivity index (χ2n) is 7.15. The molecule has 1 N–H and O–H groups in total. The van der Waals surface area contributed by atoms with Crippen LogP contribution in [0.15, 0.2) is 89.7 Å². The van der Waals surface area contributed by atoms with Gasteiger partial charge < -0.3 is 10.1 Å². The summed E-state index contributed by atoms with van der Waals surface area (Å²) in [6.07, 6.45) is 0. The van der Waals surface area contributed by atoms with Crippen molar-refractivity contribution in [2.75, 3.05) is 5.32 Å². The van der Waals surface area contributed by atoms with Crippen LogP contribution in [0.1, 0.15) is 21.6 Å². The van der Waals surface area contributed by atoms with Crippen molar-refractivity contribution in [2.45, 2.75) is 13.5 Å². The largest absolute Gasteiger partial charge is 0.489 e. The fourth-order valence-corrected chi connectivity index (χ4v) is 3.44. The number of anilines is 1. The van der Waals surface area contributed by atoms with Gasteiger partial charge in [0.2, 0.25) is 0 Å². The molecule has 0 aliphatic carbocycles. The van der Waals surface area contributed by atoms with E-state index in [2.05, 4.69) is 5.32 Å². The number of hydrogen-bond donors (Lipinski definition) is 1. The first-order valence-corrected chi connectivity index (χ1v) is 9.97. The lowest BCUT2D eigenvalue weighted by molar-refractivity contribution is 0.102. The summed E-state index contributed by atoms with van der Waals surface area (Å²) in [7, 11) is 1.79. The summed E-state index contributed by atoms with van der Waals surface area (Å²) in [6, 6.07) is 26.0. The Labute approximate surface area is 180 Å². The lowest BCUT2D eigenvalue weighted by Crippen LogP contribution is -2.23. The van der Waals surface area contributed by atoms with Gasteiger partial charge in [0.1, 0.15) is 18.0 Å². The summed E-state index contributed by atoms with van der Waals surface area (Å²) in [4.78, 5) is 26.2. The topological polar surface area (TPSA) is 65.3 Å². The van der Waals surface area contributed by atoms with Crippen LogP contribution in [0.2, 0.25) is 0 Å². The highest BCUT2D eigenvalue weighted by Gasteiger charge is 2.20. The van der Waals surface area contributed by atoms with E-state index in [9.17, 15) is 9.59 Å². The van der Waals surface area contributed by atoms with E-state index in [-0.39, 0.29) is 23.8 Å². The van der Waals surface area contributed by atoms with Crippen molar-refractivity contribution in [3.63, 3.8) is 0 Å². The van der Waals surface area contributed by atoms with Gasteiger partial charge in [-0.2, -0.15) is 0 Å². The van der Waals surface area contributed by atoms with Gasteiger partial charge in [-0.05, 0) is 37.3 Å². The van der Waals surface area contributed by atoms with Crippen LogP contribution < -0.4 is 15.6 Å². The quantitative estimate of drug-likeness (QED) is 0.512. The fourth-order valence-electron chi connectivity index (χ4n) is 3.44. The third kappa shape index (κ3) is 4.14. The van der Waals surface area contributed by atoms with Crippen molar-refractivity contribution in [1.29, 1.82) is 0 Å². The molecule has 6 nitrogen and oxygen atoms in total. The van der Waals surface area contributed by atoms with E-state index in [0.29, 0.717) is 11.3 Å². The third-order valence-electron chi connectivity index (χ3n) is 5.19. The first-order valence-electron chi connectivity index (χ1n) is 9.97. The Morgan fingerprint density at radius 1 is 0.903 bits per heavy atom. The van der Waals surface area contributed by atoms with Crippen LogP contribution in [0.25, 0.3) is 5.69 Å². The second-order valence-corrected chi connectivity index (χ2v) is 7.15. The van der Waals surface area contributed by atoms with Gasteiger partial charge >= 0.3 is 0 Å². The molecule has 1 heterocycles. The summed E-state index contributed by atoms with van der Waals surface area (Å²) in [6.45, 7) is 2.05. The van der Waals surface area contributed by atoms with Gasteiger partial charge in [-0.1, -0.05) is 54.6 Å². The summed E-state index contributed by atoms with van der Waals surface area (Å²) < 4.78 is 9.08. The van der Waals surface area contributed by atoms with Crippen molar-refractivity contribution in [2.24, 2.45) is 7.05 Å². The Balaban J connectivity index is 1.61. The van der Waals surface area contributed by atoms with E-state index in [1.54, 1.807) is 30.8 Å². The molecule has 4 aromatic rings. The average Bonchev–Trinajstić information content (AvgIpc) is 3.02. The maximum absolute atomic E-state index is 13.1. The number of amides is 1. The minimum Gasteiger partial charge on any atom is -0.489 e. The van der Waals surface area contributed by atoms with E-state index in [4.69, 9.17) is 4.74 Å². The maximum atomic E-state index is 13.1. The monoisotopic (exact) mass is 413 g/mol. The molecule has 0 bridgehead atoms. The first kappa shape index (κ1) is 20.2. The summed E-state index contributed by atoms with van der Waals surface area (Å²) in [5.41, 5.74) is 2.58. The van der Waals surface area contributed by atoms with Crippen molar-refractivity contribution >= 4 is 11.6 Å². The standard InChI is InChI=1S/C25H23N3O3/c1-18-23(25(30)28(27(18)2)20-12-5-3-6-13-20)26-24(29)22-16-10-9-11-19(22)17-31-21-14-7-4-8-15-21/h3-16H,17H2,1-2H3,(H,26,29). The maximum Gasteiger partial charge on any atom is 0.295 e. The zero-order valence-electron chi connectivity index (χ0n) is 17.4. The van der Waals surface area contributed by atoms with Crippen LogP contribution in [0.4, 0.5) is 5.69 Å². The molecule has 0 radical (unpaired) electrons. The molecular formula is C25H23N3O3. The van der Waals surface area contributed by atoms with Gasteiger partial charge in [0.25, 0.3) is 11.5 Å². The Kier molecular flexibility index (Phi) is 5.71. The van der Waals surface area contributed by atoms with Crippen LogP contribution in [-0.2, 0) is 13.7 Å². The van der Waals surface area contributed by atoms with E-state index in [1.807, 2.05) is 72.8 Å². The third-order valence-corrected chi connectivity index (χ3v) is 5.19. The molecule has 1 amide bonds. The number of benzene rings is 3.